The van der Waals surface area contributed by atoms with E-state index in [0.29, 0.717) is 13.1 Å². The smallest absolute Gasteiger partial charge is 0.338 e. The van der Waals surface area contributed by atoms with E-state index in [-0.39, 0.29) is 24.4 Å². The van der Waals surface area contributed by atoms with E-state index < -0.39 is 19.0 Å². The van der Waals surface area contributed by atoms with Crippen molar-refractivity contribution in [3.63, 3.8) is 0 Å². The predicted molar refractivity (Wildman–Crippen MR) is 65.8 cm³/mol. The molecule has 1 unspecified atom stereocenters. The summed E-state index contributed by atoms with van der Waals surface area (Å²) in [6.45, 7) is 3.99. The second kappa shape index (κ2) is 7.84. The van der Waals surface area contributed by atoms with Gasteiger partial charge in [-0.1, -0.05) is 6.92 Å². The number of alkyl halides is 3. The van der Waals surface area contributed by atoms with E-state index in [1.54, 1.807) is 4.90 Å². The van der Waals surface area contributed by atoms with Gasteiger partial charge in [0.2, 0.25) is 5.91 Å². The highest BCUT2D eigenvalue weighted by Gasteiger charge is 2.31. The van der Waals surface area contributed by atoms with Crippen LogP contribution in [0.2, 0.25) is 0 Å². The predicted octanol–water partition coefficient (Wildman–Crippen LogP) is 2.35. The van der Waals surface area contributed by atoms with Gasteiger partial charge in [-0.15, -0.1) is 12.4 Å². The number of carbonyl (C=O) groups excluding carboxylic acids is 1. The Morgan fingerprint density at radius 1 is 1.44 bits per heavy atom. The first-order chi connectivity index (χ1) is 7.94. The molecule has 1 fully saturated rings. The number of halogens is 4. The van der Waals surface area contributed by atoms with Crippen molar-refractivity contribution >= 4 is 18.3 Å². The molecule has 0 aromatic heterocycles. The number of rotatable bonds is 5. The molecule has 1 N–H and O–H groups in total. The van der Waals surface area contributed by atoms with Gasteiger partial charge in [-0.25, -0.2) is 0 Å². The molecule has 1 aliphatic rings. The molecular weight excluding hydrogens is 269 g/mol. The van der Waals surface area contributed by atoms with Crippen molar-refractivity contribution < 1.29 is 18.0 Å². The second-order valence-electron chi connectivity index (χ2n) is 4.35. The van der Waals surface area contributed by atoms with Gasteiger partial charge in [-0.05, 0) is 19.4 Å². The maximum Gasteiger partial charge on any atom is 0.389 e. The zero-order valence-corrected chi connectivity index (χ0v) is 11.2. The van der Waals surface area contributed by atoms with Crippen LogP contribution in [-0.2, 0) is 4.79 Å². The third kappa shape index (κ3) is 5.91. The Kier molecular flexibility index (Phi) is 7.62. The fraction of sp³-hybridized carbons (Fsp3) is 0.909. The summed E-state index contributed by atoms with van der Waals surface area (Å²) in [5, 5.41) is 3.12. The maximum atomic E-state index is 12.1. The van der Waals surface area contributed by atoms with E-state index in [4.69, 9.17) is 0 Å². The first-order valence-corrected chi connectivity index (χ1v) is 6.01. The van der Waals surface area contributed by atoms with Crippen LogP contribution >= 0.6 is 12.4 Å². The number of nitrogens with zero attached hydrogens (tertiary/aromatic N) is 1. The lowest BCUT2D eigenvalue weighted by molar-refractivity contribution is -0.150. The molecule has 1 atom stereocenters. The largest absolute Gasteiger partial charge is 0.389 e. The van der Waals surface area contributed by atoms with Crippen LogP contribution in [0.15, 0.2) is 0 Å². The molecule has 0 aromatic rings. The summed E-state index contributed by atoms with van der Waals surface area (Å²) in [5.74, 6) is -0.377. The van der Waals surface area contributed by atoms with Gasteiger partial charge < -0.3 is 10.2 Å². The van der Waals surface area contributed by atoms with E-state index in [1.807, 2.05) is 6.92 Å². The molecule has 0 radical (unpaired) electrons. The summed E-state index contributed by atoms with van der Waals surface area (Å²) < 4.78 is 36.2. The van der Waals surface area contributed by atoms with Gasteiger partial charge in [0.05, 0.1) is 6.42 Å². The Bertz CT molecular complexity index is 255. The van der Waals surface area contributed by atoms with Crippen molar-refractivity contribution in [1.29, 1.82) is 0 Å². The Hall–Kier alpha value is -0.490. The van der Waals surface area contributed by atoms with Crippen molar-refractivity contribution in [2.24, 2.45) is 0 Å². The molecule has 108 valence electrons. The minimum Gasteiger partial charge on any atom is -0.338 e. The lowest BCUT2D eigenvalue weighted by Crippen LogP contribution is -2.42. The van der Waals surface area contributed by atoms with Crippen molar-refractivity contribution in [2.75, 3.05) is 19.6 Å². The van der Waals surface area contributed by atoms with Crippen LogP contribution in [0.4, 0.5) is 13.2 Å². The van der Waals surface area contributed by atoms with E-state index in [0.717, 1.165) is 19.4 Å². The molecule has 1 heterocycles. The number of hydrogen-bond acceptors (Lipinski definition) is 2. The first kappa shape index (κ1) is 17.5. The summed E-state index contributed by atoms with van der Waals surface area (Å²) in [6, 6.07) is 0.0654. The number of hydrogen-bond donors (Lipinski definition) is 1. The van der Waals surface area contributed by atoms with Crippen molar-refractivity contribution in [2.45, 2.75) is 44.8 Å². The summed E-state index contributed by atoms with van der Waals surface area (Å²) in [5.41, 5.74) is 0. The average Bonchev–Trinajstić information content (AvgIpc) is 2.74. The Balaban J connectivity index is 0.00000289. The summed E-state index contributed by atoms with van der Waals surface area (Å²) >= 11 is 0. The molecule has 7 heteroatoms. The fourth-order valence-corrected chi connectivity index (χ4v) is 2.05. The van der Waals surface area contributed by atoms with Crippen molar-refractivity contribution in [3.05, 3.63) is 0 Å². The molecule has 0 bridgehead atoms. The van der Waals surface area contributed by atoms with Crippen LogP contribution in [0.25, 0.3) is 0 Å². The van der Waals surface area contributed by atoms with E-state index >= 15 is 0 Å². The molecule has 1 saturated heterocycles. The lowest BCUT2D eigenvalue weighted by Gasteiger charge is -2.28. The van der Waals surface area contributed by atoms with Crippen LogP contribution in [0.3, 0.4) is 0 Å². The summed E-state index contributed by atoms with van der Waals surface area (Å²) in [6.07, 6.45) is -4.10. The monoisotopic (exact) mass is 288 g/mol. The molecule has 1 aliphatic heterocycles. The van der Waals surface area contributed by atoms with Gasteiger partial charge in [0, 0.05) is 25.6 Å². The molecule has 1 amide bonds. The molecule has 1 rings (SSSR count). The van der Waals surface area contributed by atoms with Gasteiger partial charge in [0.15, 0.2) is 0 Å². The highest BCUT2D eigenvalue weighted by Crippen LogP contribution is 2.22. The van der Waals surface area contributed by atoms with E-state index in [1.165, 1.54) is 0 Å². The highest BCUT2D eigenvalue weighted by atomic mass is 35.5. The normalized spacial score (nSPS) is 19.4. The molecular formula is C11H20ClF3N2O. The lowest BCUT2D eigenvalue weighted by atomic mass is 10.1. The first-order valence-electron chi connectivity index (χ1n) is 6.01. The quantitative estimate of drug-likeness (QED) is 0.842. The van der Waals surface area contributed by atoms with Crippen LogP contribution in [-0.4, -0.2) is 42.7 Å². The average molecular weight is 289 g/mol. The van der Waals surface area contributed by atoms with Gasteiger partial charge in [0.25, 0.3) is 0 Å². The Morgan fingerprint density at radius 3 is 2.56 bits per heavy atom. The van der Waals surface area contributed by atoms with Crippen LogP contribution in [0, 0.1) is 0 Å². The Morgan fingerprint density at radius 2 is 2.11 bits per heavy atom. The van der Waals surface area contributed by atoms with Gasteiger partial charge in [0.1, 0.15) is 0 Å². The second-order valence-corrected chi connectivity index (χ2v) is 4.35. The highest BCUT2D eigenvalue weighted by molar-refractivity contribution is 5.85. The molecule has 3 nitrogen and oxygen atoms in total. The van der Waals surface area contributed by atoms with Crippen molar-refractivity contribution in [3.8, 4) is 0 Å². The molecule has 0 saturated carbocycles. The fourth-order valence-electron chi connectivity index (χ4n) is 2.05. The minimum absolute atomic E-state index is 0. The Labute approximate surface area is 112 Å². The third-order valence-corrected chi connectivity index (χ3v) is 2.88. The van der Waals surface area contributed by atoms with Gasteiger partial charge in [-0.3, -0.25) is 4.79 Å². The molecule has 0 aliphatic carbocycles. The molecule has 0 spiro atoms. The van der Waals surface area contributed by atoms with E-state index in [2.05, 4.69) is 5.32 Å². The van der Waals surface area contributed by atoms with Gasteiger partial charge >= 0.3 is 6.18 Å². The summed E-state index contributed by atoms with van der Waals surface area (Å²) in [7, 11) is 0. The van der Waals surface area contributed by atoms with Gasteiger partial charge in [-0.2, -0.15) is 13.2 Å². The summed E-state index contributed by atoms with van der Waals surface area (Å²) in [4.78, 5) is 13.4. The third-order valence-electron chi connectivity index (χ3n) is 2.88. The maximum absolute atomic E-state index is 12.1. The number of carbonyl (C=O) groups is 1. The van der Waals surface area contributed by atoms with Crippen LogP contribution in [0.5, 0.6) is 0 Å². The topological polar surface area (TPSA) is 32.3 Å². The number of nitrogens with one attached hydrogen (secondary N) is 1. The standard InChI is InChI=1S/C11H19F3N2O.ClH/c1-2-7-16(9-4-6-15-8-9)10(17)3-5-11(12,13)14;/h9,15H,2-8H2,1H3;1H. The zero-order chi connectivity index (χ0) is 12.9. The van der Waals surface area contributed by atoms with Crippen molar-refractivity contribution in [1.82, 2.24) is 10.2 Å². The molecule has 18 heavy (non-hydrogen) atoms. The van der Waals surface area contributed by atoms with Crippen LogP contribution < -0.4 is 5.32 Å². The minimum atomic E-state index is -4.25. The molecule has 0 aromatic carbocycles. The van der Waals surface area contributed by atoms with E-state index in [9.17, 15) is 18.0 Å². The van der Waals surface area contributed by atoms with Crippen LogP contribution in [0.1, 0.15) is 32.6 Å². The SMILES string of the molecule is CCCN(C(=O)CCC(F)(F)F)C1CCNC1.Cl. The zero-order valence-electron chi connectivity index (χ0n) is 10.4. The number of amides is 1.